The van der Waals surface area contributed by atoms with E-state index in [4.69, 9.17) is 9.97 Å². The van der Waals surface area contributed by atoms with Crippen LogP contribution in [-0.4, -0.2) is 44.8 Å². The van der Waals surface area contributed by atoms with Gasteiger partial charge in [-0.05, 0) is 35.4 Å². The number of nitrogens with zero attached hydrogens (tertiary/aromatic N) is 2. The highest BCUT2D eigenvalue weighted by atomic mass is 16.2. The van der Waals surface area contributed by atoms with E-state index in [9.17, 15) is 9.59 Å². The van der Waals surface area contributed by atoms with Gasteiger partial charge < -0.3 is 20.6 Å². The summed E-state index contributed by atoms with van der Waals surface area (Å²) in [6.45, 7) is 7.77. The van der Waals surface area contributed by atoms with E-state index < -0.39 is 0 Å². The zero-order valence-electron chi connectivity index (χ0n) is 31.0. The standard InChI is InChI=1S/C24H21N3O.C24H19N3O.CH4/c2*1-15(16-6-3-2-4-7-16)20-11-10-17-8-5-9-18(23(17)27-20)22-14-19-21(26-22)12-13-25-24(19)28;/h2-11,14-15,26H,12-13H2,1H3,(H,25,28);2-11,14,26H,1,12-13H2,(H,25,28);1H4. The number of carbonyl (C=O) groups excluding carboxylic acids is 2. The number of H-pyrrole nitrogens is 2. The number of hydrogen-bond donors (Lipinski definition) is 4. The second-order valence-electron chi connectivity index (χ2n) is 14.3. The molecule has 1 unspecified atom stereocenters. The maximum absolute atomic E-state index is 12.1. The average molecular weight is 749 g/mol. The summed E-state index contributed by atoms with van der Waals surface area (Å²) in [7, 11) is 0. The highest BCUT2D eigenvalue weighted by molar-refractivity contribution is 6.01. The summed E-state index contributed by atoms with van der Waals surface area (Å²) in [5.74, 6) is 0.187. The average Bonchev–Trinajstić information content (AvgIpc) is 3.90. The van der Waals surface area contributed by atoms with Crippen LogP contribution in [0.5, 0.6) is 0 Å². The molecule has 0 fully saturated rings. The van der Waals surface area contributed by atoms with Gasteiger partial charge in [-0.1, -0.05) is 130 Å². The lowest BCUT2D eigenvalue weighted by molar-refractivity contribution is 0.0937. The van der Waals surface area contributed by atoms with Crippen LogP contribution in [-0.2, 0) is 12.8 Å². The summed E-state index contributed by atoms with van der Waals surface area (Å²) >= 11 is 0. The Morgan fingerprint density at radius 1 is 0.596 bits per heavy atom. The maximum atomic E-state index is 12.1. The molecule has 0 saturated carbocycles. The van der Waals surface area contributed by atoms with Crippen LogP contribution in [0.3, 0.4) is 0 Å². The maximum Gasteiger partial charge on any atom is 0.253 e. The first kappa shape index (κ1) is 36.9. The van der Waals surface area contributed by atoms with Gasteiger partial charge in [0.15, 0.2) is 0 Å². The van der Waals surface area contributed by atoms with Crippen molar-refractivity contribution in [1.82, 2.24) is 30.6 Å². The first-order chi connectivity index (χ1) is 27.4. The number of hydrogen-bond acceptors (Lipinski definition) is 4. The summed E-state index contributed by atoms with van der Waals surface area (Å²) in [6.07, 6.45) is 1.64. The van der Waals surface area contributed by atoms with Gasteiger partial charge in [-0.2, -0.15) is 0 Å². The Morgan fingerprint density at radius 2 is 1.12 bits per heavy atom. The summed E-state index contributed by atoms with van der Waals surface area (Å²) in [4.78, 5) is 41.1. The first-order valence-corrected chi connectivity index (χ1v) is 19.0. The van der Waals surface area contributed by atoms with Gasteiger partial charge in [-0.15, -0.1) is 0 Å². The van der Waals surface area contributed by atoms with Crippen LogP contribution in [0.1, 0.15) is 74.9 Å². The quantitative estimate of drug-likeness (QED) is 0.136. The smallest absolute Gasteiger partial charge is 0.253 e. The van der Waals surface area contributed by atoms with Crippen molar-refractivity contribution >= 4 is 39.2 Å². The predicted molar refractivity (Wildman–Crippen MR) is 230 cm³/mol. The Bertz CT molecular complexity index is 2780. The molecule has 0 bridgehead atoms. The molecule has 8 aromatic rings. The molecule has 2 aliphatic heterocycles. The van der Waals surface area contributed by atoms with Gasteiger partial charge in [0, 0.05) is 87.8 Å². The van der Waals surface area contributed by atoms with Crippen molar-refractivity contribution in [2.24, 2.45) is 0 Å². The monoisotopic (exact) mass is 748 g/mol. The highest BCUT2D eigenvalue weighted by Crippen LogP contribution is 2.33. The van der Waals surface area contributed by atoms with Gasteiger partial charge in [0.05, 0.1) is 27.9 Å². The fraction of sp³-hybridized carbons (Fsp3) is 0.143. The summed E-state index contributed by atoms with van der Waals surface area (Å²) in [5, 5.41) is 7.95. The van der Waals surface area contributed by atoms with E-state index in [-0.39, 0.29) is 25.2 Å². The van der Waals surface area contributed by atoms with Gasteiger partial charge in [0.1, 0.15) is 0 Å². The molecule has 2 amide bonds. The Labute approximate surface area is 332 Å². The van der Waals surface area contributed by atoms with Gasteiger partial charge in [0.2, 0.25) is 0 Å². The van der Waals surface area contributed by atoms with Crippen LogP contribution in [0.15, 0.2) is 140 Å². The van der Waals surface area contributed by atoms with E-state index in [1.807, 2.05) is 72.8 Å². The van der Waals surface area contributed by atoms with Crippen molar-refractivity contribution < 1.29 is 9.59 Å². The molecule has 0 radical (unpaired) electrons. The van der Waals surface area contributed by atoms with Crippen LogP contribution >= 0.6 is 0 Å². The molecular formula is C49H44N6O2. The van der Waals surface area contributed by atoms with Crippen molar-refractivity contribution in [3.8, 4) is 22.5 Å². The lowest BCUT2D eigenvalue weighted by atomic mass is 9.96. The largest absolute Gasteiger partial charge is 0.358 e. The van der Waals surface area contributed by atoms with Crippen molar-refractivity contribution in [3.63, 3.8) is 0 Å². The molecule has 1 atom stereocenters. The number of fused-ring (bicyclic) bond motifs is 4. The number of amides is 2. The number of benzene rings is 4. The minimum Gasteiger partial charge on any atom is -0.358 e. The molecule has 8 heteroatoms. The van der Waals surface area contributed by atoms with Crippen molar-refractivity contribution in [2.45, 2.75) is 33.1 Å². The topological polar surface area (TPSA) is 116 Å². The van der Waals surface area contributed by atoms with Crippen LogP contribution in [0, 0.1) is 0 Å². The number of para-hydroxylation sites is 2. The van der Waals surface area contributed by atoms with E-state index >= 15 is 0 Å². The summed E-state index contributed by atoms with van der Waals surface area (Å²) < 4.78 is 0. The number of rotatable bonds is 6. The highest BCUT2D eigenvalue weighted by Gasteiger charge is 2.23. The van der Waals surface area contributed by atoms with Crippen molar-refractivity contribution in [2.75, 3.05) is 13.1 Å². The van der Waals surface area contributed by atoms with E-state index in [1.54, 1.807) is 0 Å². The van der Waals surface area contributed by atoms with E-state index in [1.165, 1.54) is 5.56 Å². The lowest BCUT2D eigenvalue weighted by Gasteiger charge is -2.13. The third kappa shape index (κ3) is 7.13. The fourth-order valence-corrected chi connectivity index (χ4v) is 7.73. The Kier molecular flexibility index (Phi) is 10.1. The molecule has 4 aromatic carbocycles. The van der Waals surface area contributed by atoms with E-state index in [0.29, 0.717) is 13.1 Å². The molecule has 0 aliphatic carbocycles. The van der Waals surface area contributed by atoms with Crippen LogP contribution < -0.4 is 10.6 Å². The first-order valence-electron chi connectivity index (χ1n) is 19.0. The summed E-state index contributed by atoms with van der Waals surface area (Å²) in [6, 6.07) is 45.0. The normalized spacial score (nSPS) is 13.6. The molecule has 10 rings (SSSR count). The fourth-order valence-electron chi connectivity index (χ4n) is 7.73. The van der Waals surface area contributed by atoms with Gasteiger partial charge >= 0.3 is 0 Å². The van der Waals surface area contributed by atoms with E-state index in [2.05, 4.69) is 94.8 Å². The molecule has 57 heavy (non-hydrogen) atoms. The third-order valence-electron chi connectivity index (χ3n) is 10.8. The third-order valence-corrected chi connectivity index (χ3v) is 10.8. The van der Waals surface area contributed by atoms with Crippen LogP contribution in [0.25, 0.3) is 49.9 Å². The predicted octanol–water partition coefficient (Wildman–Crippen LogP) is 9.88. The zero-order valence-corrected chi connectivity index (χ0v) is 31.0. The SMILES string of the molecule is C.C=C(c1ccccc1)c1ccc2cccc(-c3cc4c([nH]3)CCNC4=O)c2n1.CC(c1ccccc1)c1ccc2cccc(-c3cc4c([nH]3)CCNC4=O)c2n1. The van der Waals surface area contributed by atoms with Gasteiger partial charge in [-0.25, -0.2) is 4.98 Å². The number of nitrogens with one attached hydrogen (secondary N) is 4. The molecular weight excluding hydrogens is 705 g/mol. The van der Waals surface area contributed by atoms with Gasteiger partial charge in [-0.3, -0.25) is 14.6 Å². The minimum atomic E-state index is -0.0184. The van der Waals surface area contributed by atoms with Crippen LogP contribution in [0.2, 0.25) is 0 Å². The molecule has 282 valence electrons. The summed E-state index contributed by atoms with van der Waals surface area (Å²) in [5.41, 5.74) is 14.3. The van der Waals surface area contributed by atoms with E-state index in [0.717, 1.165) is 102 Å². The molecule has 2 aliphatic rings. The number of pyridine rings is 2. The van der Waals surface area contributed by atoms with Crippen molar-refractivity contribution in [1.29, 1.82) is 0 Å². The number of carbonyl (C=O) groups is 2. The molecule has 4 N–H and O–H groups in total. The van der Waals surface area contributed by atoms with Gasteiger partial charge in [0.25, 0.3) is 11.8 Å². The Balaban J connectivity index is 0.000000157. The zero-order chi connectivity index (χ0) is 38.2. The Morgan fingerprint density at radius 3 is 1.68 bits per heavy atom. The number of aromatic nitrogens is 4. The molecule has 4 aromatic heterocycles. The number of aromatic amines is 2. The van der Waals surface area contributed by atoms with Crippen LogP contribution in [0.4, 0.5) is 0 Å². The van der Waals surface area contributed by atoms with Crippen molar-refractivity contribution in [3.05, 3.63) is 185 Å². The molecule has 0 spiro atoms. The molecule has 8 nitrogen and oxygen atoms in total. The molecule has 0 saturated heterocycles. The molecule has 6 heterocycles. The second-order valence-corrected chi connectivity index (χ2v) is 14.3. The second kappa shape index (κ2) is 15.6. The lowest BCUT2D eigenvalue weighted by Crippen LogP contribution is -2.31. The Hall–Kier alpha value is -7.06. The minimum absolute atomic E-state index is 0.